The summed E-state index contributed by atoms with van der Waals surface area (Å²) in [6.07, 6.45) is 4.40. The van der Waals surface area contributed by atoms with Gasteiger partial charge in [0.2, 0.25) is 0 Å². The van der Waals surface area contributed by atoms with Crippen LogP contribution in [0.15, 0.2) is 41.3 Å². The highest BCUT2D eigenvalue weighted by molar-refractivity contribution is 7.90. The van der Waals surface area contributed by atoms with Gasteiger partial charge in [0, 0.05) is 42.2 Å². The second-order valence-electron chi connectivity index (χ2n) is 9.51. The van der Waals surface area contributed by atoms with E-state index < -0.39 is 44.5 Å². The van der Waals surface area contributed by atoms with Crippen molar-refractivity contribution in [1.29, 1.82) is 0 Å². The summed E-state index contributed by atoms with van der Waals surface area (Å²) in [5.74, 6) is -4.82. The Kier molecular flexibility index (Phi) is 6.30. The van der Waals surface area contributed by atoms with E-state index in [1.54, 1.807) is 12.1 Å². The Hall–Kier alpha value is -2.75. The number of ether oxygens (including phenoxy) is 1. The van der Waals surface area contributed by atoms with Crippen LogP contribution >= 0.6 is 0 Å². The number of carbonyl (C=O) groups excluding carboxylic acids is 1. The number of nitrogens with one attached hydrogen (secondary N) is 1. The molecule has 2 aromatic rings. The van der Waals surface area contributed by atoms with Gasteiger partial charge >= 0.3 is 0 Å². The first-order valence-electron chi connectivity index (χ1n) is 11.1. The molecule has 0 saturated carbocycles. The third-order valence-corrected chi connectivity index (χ3v) is 7.63. The summed E-state index contributed by atoms with van der Waals surface area (Å²) in [6.45, 7) is 2.80. The van der Waals surface area contributed by atoms with Crippen LogP contribution in [-0.2, 0) is 14.6 Å². The maximum Gasteiger partial charge on any atom is 0.263 e. The molecule has 0 spiro atoms. The molecule has 3 atom stereocenters. The van der Waals surface area contributed by atoms with Crippen molar-refractivity contribution in [3.05, 3.63) is 53.8 Å². The number of rotatable bonds is 6. The van der Waals surface area contributed by atoms with Crippen molar-refractivity contribution in [3.8, 4) is 5.75 Å². The third-order valence-electron chi connectivity index (χ3n) is 6.50. The molecule has 6 nitrogen and oxygen atoms in total. The van der Waals surface area contributed by atoms with Gasteiger partial charge in [-0.2, -0.15) is 0 Å². The Morgan fingerprint density at radius 3 is 2.06 bits per heavy atom. The van der Waals surface area contributed by atoms with Gasteiger partial charge in [0.25, 0.3) is 5.91 Å². The minimum atomic E-state index is -3.27. The zero-order chi connectivity index (χ0) is 24.8. The van der Waals surface area contributed by atoms with Gasteiger partial charge in [0.15, 0.2) is 32.8 Å². The van der Waals surface area contributed by atoms with Crippen LogP contribution in [0.3, 0.4) is 0 Å². The van der Waals surface area contributed by atoms with Gasteiger partial charge in [-0.1, -0.05) is 0 Å². The van der Waals surface area contributed by atoms with Gasteiger partial charge in [0.05, 0.1) is 4.90 Å². The molecule has 2 fully saturated rings. The van der Waals surface area contributed by atoms with Crippen LogP contribution in [0.4, 0.5) is 18.9 Å². The SMILES string of the molecule is CC(C)(Oc1c(F)cc(F)cc1F)C(=O)N[C@H]1C[C@H]2CC[C@@H](C1)N2c1ccc(S(C)(=O)=O)cc1. The van der Waals surface area contributed by atoms with Gasteiger partial charge in [-0.15, -0.1) is 0 Å². The molecule has 184 valence electrons. The lowest BCUT2D eigenvalue weighted by Gasteiger charge is -2.41. The number of hydrogen-bond donors (Lipinski definition) is 1. The topological polar surface area (TPSA) is 75.7 Å². The smallest absolute Gasteiger partial charge is 0.263 e. The number of fused-ring (bicyclic) bond motifs is 2. The normalized spacial score (nSPS) is 22.5. The number of piperidine rings is 1. The number of benzene rings is 2. The lowest BCUT2D eigenvalue weighted by Crippen LogP contribution is -2.55. The van der Waals surface area contributed by atoms with Crippen LogP contribution in [0.2, 0.25) is 0 Å². The van der Waals surface area contributed by atoms with Crippen molar-refractivity contribution < 1.29 is 31.1 Å². The summed E-state index contributed by atoms with van der Waals surface area (Å²) < 4.78 is 70.0. The lowest BCUT2D eigenvalue weighted by molar-refractivity contribution is -0.135. The van der Waals surface area contributed by atoms with Crippen molar-refractivity contribution >= 4 is 21.4 Å². The Labute approximate surface area is 197 Å². The van der Waals surface area contributed by atoms with Crippen LogP contribution in [0.25, 0.3) is 0 Å². The van der Waals surface area contributed by atoms with Crippen molar-refractivity contribution in [2.45, 2.75) is 68.2 Å². The maximum atomic E-state index is 14.0. The van der Waals surface area contributed by atoms with Crippen molar-refractivity contribution in [1.82, 2.24) is 5.32 Å². The molecule has 2 bridgehead atoms. The highest BCUT2D eigenvalue weighted by atomic mass is 32.2. The zero-order valence-corrected chi connectivity index (χ0v) is 20.0. The van der Waals surface area contributed by atoms with Crippen LogP contribution in [0.1, 0.15) is 39.5 Å². The molecule has 2 aromatic carbocycles. The predicted molar refractivity (Wildman–Crippen MR) is 121 cm³/mol. The highest BCUT2D eigenvalue weighted by Crippen LogP contribution is 2.40. The number of anilines is 1. The number of nitrogens with zero attached hydrogens (tertiary/aromatic N) is 1. The minimum absolute atomic E-state index is 0.151. The summed E-state index contributed by atoms with van der Waals surface area (Å²) in [7, 11) is -3.27. The number of carbonyl (C=O) groups is 1. The van der Waals surface area contributed by atoms with Crippen LogP contribution in [-0.4, -0.2) is 44.3 Å². The molecular weight excluding hydrogens is 469 g/mol. The van der Waals surface area contributed by atoms with E-state index in [1.165, 1.54) is 20.1 Å². The Morgan fingerprint density at radius 2 is 1.56 bits per heavy atom. The van der Waals surface area contributed by atoms with Crippen LogP contribution in [0.5, 0.6) is 5.75 Å². The van der Waals surface area contributed by atoms with E-state index >= 15 is 0 Å². The van der Waals surface area contributed by atoms with E-state index in [9.17, 15) is 26.4 Å². The summed E-state index contributed by atoms with van der Waals surface area (Å²) >= 11 is 0. The molecule has 0 aliphatic carbocycles. The number of sulfone groups is 1. The standard InChI is InChI=1S/C24H27F3N2O4S/c1-24(2,33-22-20(26)10-14(25)11-21(22)27)23(30)28-15-12-17-4-5-18(13-15)29(17)16-6-8-19(9-7-16)34(3,31)32/h6-11,15,17-18H,4-5,12-13H2,1-3H3,(H,28,30)/t15-,17+,18-. The van der Waals surface area contributed by atoms with E-state index in [-0.39, 0.29) is 23.0 Å². The first-order valence-corrected chi connectivity index (χ1v) is 13.0. The number of hydrogen-bond acceptors (Lipinski definition) is 5. The predicted octanol–water partition coefficient (Wildman–Crippen LogP) is 3.98. The minimum Gasteiger partial charge on any atom is -0.472 e. The van der Waals surface area contributed by atoms with E-state index in [2.05, 4.69) is 10.2 Å². The average molecular weight is 497 g/mol. The second kappa shape index (κ2) is 8.79. The van der Waals surface area contributed by atoms with Gasteiger partial charge < -0.3 is 15.0 Å². The van der Waals surface area contributed by atoms with Crippen molar-refractivity contribution in [3.63, 3.8) is 0 Å². The average Bonchev–Trinajstić information content (AvgIpc) is 3.00. The second-order valence-corrected chi connectivity index (χ2v) is 11.5. The fraction of sp³-hybridized carbons (Fsp3) is 0.458. The monoisotopic (exact) mass is 496 g/mol. The van der Waals surface area contributed by atoms with E-state index in [0.717, 1.165) is 18.5 Å². The molecule has 0 aromatic heterocycles. The number of halogens is 3. The first-order chi connectivity index (χ1) is 15.8. The molecular formula is C24H27F3N2O4S. The molecule has 1 N–H and O–H groups in total. The Balaban J connectivity index is 1.42. The molecule has 0 radical (unpaired) electrons. The molecule has 0 unspecified atom stereocenters. The fourth-order valence-electron chi connectivity index (χ4n) is 4.87. The first kappa shape index (κ1) is 24.4. The Morgan fingerprint density at radius 1 is 1.03 bits per heavy atom. The fourth-order valence-corrected chi connectivity index (χ4v) is 5.50. The largest absolute Gasteiger partial charge is 0.472 e. The van der Waals surface area contributed by atoms with Gasteiger partial charge in [-0.25, -0.2) is 21.6 Å². The molecule has 1 amide bonds. The van der Waals surface area contributed by atoms with Crippen molar-refractivity contribution in [2.75, 3.05) is 11.2 Å². The van der Waals surface area contributed by atoms with E-state index in [1.807, 2.05) is 12.1 Å². The summed E-state index contributed by atoms with van der Waals surface area (Å²) in [6, 6.07) is 8.02. The van der Waals surface area contributed by atoms with Gasteiger partial charge in [-0.3, -0.25) is 4.79 Å². The lowest BCUT2D eigenvalue weighted by atomic mass is 9.95. The summed E-state index contributed by atoms with van der Waals surface area (Å²) in [4.78, 5) is 15.5. The zero-order valence-electron chi connectivity index (χ0n) is 19.1. The van der Waals surface area contributed by atoms with Gasteiger partial charge in [0.1, 0.15) is 5.82 Å². The Bertz CT molecular complexity index is 1160. The van der Waals surface area contributed by atoms with Crippen LogP contribution < -0.4 is 15.0 Å². The quantitative estimate of drug-likeness (QED) is 0.655. The summed E-state index contributed by atoms with van der Waals surface area (Å²) in [5.41, 5.74) is -0.646. The molecule has 34 heavy (non-hydrogen) atoms. The highest BCUT2D eigenvalue weighted by Gasteiger charge is 2.43. The van der Waals surface area contributed by atoms with E-state index in [0.29, 0.717) is 25.0 Å². The van der Waals surface area contributed by atoms with E-state index in [4.69, 9.17) is 4.74 Å². The van der Waals surface area contributed by atoms with Gasteiger partial charge in [-0.05, 0) is 63.8 Å². The molecule has 2 aliphatic heterocycles. The molecule has 2 aliphatic rings. The third kappa shape index (κ3) is 4.87. The molecule has 2 saturated heterocycles. The van der Waals surface area contributed by atoms with Crippen LogP contribution in [0, 0.1) is 17.5 Å². The number of amides is 1. The molecule has 10 heteroatoms. The van der Waals surface area contributed by atoms with Crippen molar-refractivity contribution in [2.24, 2.45) is 0 Å². The molecule has 2 heterocycles. The summed E-state index contributed by atoms with van der Waals surface area (Å²) in [5, 5.41) is 2.94. The molecule has 4 rings (SSSR count). The maximum absolute atomic E-state index is 14.0.